The number of nitrogens with one attached hydrogen (secondary N) is 1. The summed E-state index contributed by atoms with van der Waals surface area (Å²) in [6.07, 6.45) is 4.58. The molecule has 144 valence electrons. The molecule has 1 aliphatic heterocycles. The van der Waals surface area contributed by atoms with Gasteiger partial charge in [0.2, 0.25) is 0 Å². The maximum Gasteiger partial charge on any atom is 0.193 e. The number of nitrogens with zero attached hydrogens (tertiary/aromatic N) is 2. The van der Waals surface area contributed by atoms with Crippen LogP contribution in [-0.2, 0) is 14.2 Å². The predicted molar refractivity (Wildman–Crippen MR) is 109 cm³/mol. The fourth-order valence-corrected chi connectivity index (χ4v) is 2.70. The maximum absolute atomic E-state index is 5.66. The molecule has 7 heteroatoms. The quantitative estimate of drug-likeness (QED) is 0.211. The molecule has 24 heavy (non-hydrogen) atoms. The Kier molecular flexibility index (Phi) is 16.3. The van der Waals surface area contributed by atoms with E-state index in [4.69, 9.17) is 19.2 Å². The lowest BCUT2D eigenvalue weighted by atomic mass is 10.1. The maximum atomic E-state index is 5.66. The highest BCUT2D eigenvalue weighted by atomic mass is 127. The van der Waals surface area contributed by atoms with Crippen LogP contribution in [0.2, 0.25) is 0 Å². The Morgan fingerprint density at radius 2 is 1.92 bits per heavy atom. The summed E-state index contributed by atoms with van der Waals surface area (Å²) < 4.78 is 15.7. The molecule has 0 radical (unpaired) electrons. The molecule has 6 nitrogen and oxygen atoms in total. The summed E-state index contributed by atoms with van der Waals surface area (Å²) in [6.45, 7) is 9.03. The third-order valence-electron chi connectivity index (χ3n) is 3.97. The average molecular weight is 457 g/mol. The van der Waals surface area contributed by atoms with Crippen LogP contribution in [0.15, 0.2) is 4.99 Å². The second-order valence-electron chi connectivity index (χ2n) is 5.96. The van der Waals surface area contributed by atoms with E-state index in [0.29, 0.717) is 19.1 Å². The first-order chi connectivity index (χ1) is 11.3. The fourth-order valence-electron chi connectivity index (χ4n) is 2.70. The van der Waals surface area contributed by atoms with Gasteiger partial charge >= 0.3 is 0 Å². The molecule has 1 rings (SSSR count). The number of methoxy groups -OCH3 is 2. The highest BCUT2D eigenvalue weighted by molar-refractivity contribution is 14.0. The van der Waals surface area contributed by atoms with E-state index in [9.17, 15) is 0 Å². The number of hydrogen-bond donors (Lipinski definition) is 1. The highest BCUT2D eigenvalue weighted by Crippen LogP contribution is 2.16. The second kappa shape index (κ2) is 16.4. The Labute approximate surface area is 164 Å². The summed E-state index contributed by atoms with van der Waals surface area (Å²) in [4.78, 5) is 7.13. The Hall–Kier alpha value is -0.120. The molecular formula is C17H36IN3O3. The Balaban J connectivity index is 0.00000529. The summed E-state index contributed by atoms with van der Waals surface area (Å²) in [5.74, 6) is 1.65. The SMILES string of the molecule is CCNC(=NCCCCCOC)N1CCC(COCCOC)C1.I. The molecule has 0 aliphatic carbocycles. The zero-order valence-corrected chi connectivity index (χ0v) is 17.9. The minimum Gasteiger partial charge on any atom is -0.385 e. The van der Waals surface area contributed by atoms with Crippen molar-refractivity contribution in [2.24, 2.45) is 10.9 Å². The predicted octanol–water partition coefficient (Wildman–Crippen LogP) is 2.37. The Morgan fingerprint density at radius 1 is 1.12 bits per heavy atom. The van der Waals surface area contributed by atoms with Crippen molar-refractivity contribution in [2.45, 2.75) is 32.6 Å². The highest BCUT2D eigenvalue weighted by Gasteiger charge is 2.24. The molecule has 0 spiro atoms. The Morgan fingerprint density at radius 3 is 2.62 bits per heavy atom. The van der Waals surface area contributed by atoms with Crippen molar-refractivity contribution in [2.75, 3.05) is 66.8 Å². The van der Waals surface area contributed by atoms with E-state index in [2.05, 4.69) is 17.1 Å². The number of likely N-dealkylation sites (tertiary alicyclic amines) is 1. The van der Waals surface area contributed by atoms with Crippen molar-refractivity contribution in [3.63, 3.8) is 0 Å². The van der Waals surface area contributed by atoms with Gasteiger partial charge in [-0.15, -0.1) is 24.0 Å². The van der Waals surface area contributed by atoms with Gasteiger partial charge in [-0.3, -0.25) is 4.99 Å². The van der Waals surface area contributed by atoms with Crippen LogP contribution in [0, 0.1) is 5.92 Å². The first-order valence-corrected chi connectivity index (χ1v) is 8.90. The molecule has 1 aliphatic rings. The van der Waals surface area contributed by atoms with E-state index in [1.807, 2.05) is 0 Å². The van der Waals surface area contributed by atoms with E-state index >= 15 is 0 Å². The van der Waals surface area contributed by atoms with Gasteiger partial charge in [0.25, 0.3) is 0 Å². The molecule has 1 unspecified atom stereocenters. The third-order valence-corrected chi connectivity index (χ3v) is 3.97. The molecule has 1 atom stereocenters. The number of rotatable bonds is 12. The number of halogens is 1. The van der Waals surface area contributed by atoms with Crippen molar-refractivity contribution in [1.82, 2.24) is 10.2 Å². The number of unbranched alkanes of at least 4 members (excludes halogenated alkanes) is 2. The Bertz CT molecular complexity index is 319. The minimum absolute atomic E-state index is 0. The zero-order chi connectivity index (χ0) is 16.8. The first kappa shape index (κ1) is 23.9. The van der Waals surface area contributed by atoms with E-state index < -0.39 is 0 Å². The summed E-state index contributed by atoms with van der Waals surface area (Å²) in [7, 11) is 3.46. The molecule has 1 fully saturated rings. The van der Waals surface area contributed by atoms with Gasteiger partial charge in [-0.05, 0) is 32.6 Å². The number of aliphatic imine (C=N–C) groups is 1. The summed E-state index contributed by atoms with van der Waals surface area (Å²) >= 11 is 0. The van der Waals surface area contributed by atoms with Crippen molar-refractivity contribution in [3.05, 3.63) is 0 Å². The van der Waals surface area contributed by atoms with Crippen molar-refractivity contribution in [3.8, 4) is 0 Å². The third kappa shape index (κ3) is 10.7. The van der Waals surface area contributed by atoms with Crippen LogP contribution in [0.1, 0.15) is 32.6 Å². The first-order valence-electron chi connectivity index (χ1n) is 8.90. The van der Waals surface area contributed by atoms with Gasteiger partial charge in [-0.1, -0.05) is 0 Å². The molecule has 0 amide bonds. The smallest absolute Gasteiger partial charge is 0.193 e. The molecular weight excluding hydrogens is 421 g/mol. The van der Waals surface area contributed by atoms with Gasteiger partial charge in [0.1, 0.15) is 0 Å². The largest absolute Gasteiger partial charge is 0.385 e. The van der Waals surface area contributed by atoms with E-state index in [-0.39, 0.29) is 24.0 Å². The summed E-state index contributed by atoms with van der Waals surface area (Å²) in [6, 6.07) is 0. The van der Waals surface area contributed by atoms with Crippen LogP contribution in [0.25, 0.3) is 0 Å². The standard InChI is InChI=1S/C17H35N3O3.HI/c1-4-18-17(19-9-6-5-7-11-21-2)20-10-8-16(14-20)15-23-13-12-22-3;/h16H,4-15H2,1-3H3,(H,18,19);1H. The number of hydrogen-bond acceptors (Lipinski definition) is 4. The lowest BCUT2D eigenvalue weighted by molar-refractivity contribution is 0.0536. The number of ether oxygens (including phenoxy) is 3. The van der Waals surface area contributed by atoms with Gasteiger partial charge < -0.3 is 24.4 Å². The van der Waals surface area contributed by atoms with E-state index in [1.165, 1.54) is 12.8 Å². The minimum atomic E-state index is 0. The van der Waals surface area contributed by atoms with Crippen molar-refractivity contribution in [1.29, 1.82) is 0 Å². The molecule has 1 saturated heterocycles. The van der Waals surface area contributed by atoms with E-state index in [1.54, 1.807) is 14.2 Å². The lowest BCUT2D eigenvalue weighted by Crippen LogP contribution is -2.40. The lowest BCUT2D eigenvalue weighted by Gasteiger charge is -2.21. The van der Waals surface area contributed by atoms with Gasteiger partial charge in [-0.2, -0.15) is 0 Å². The van der Waals surface area contributed by atoms with Gasteiger partial charge in [-0.25, -0.2) is 0 Å². The van der Waals surface area contributed by atoms with Crippen LogP contribution in [0.4, 0.5) is 0 Å². The molecule has 0 aromatic heterocycles. The topological polar surface area (TPSA) is 55.3 Å². The molecule has 0 aromatic rings. The molecule has 1 heterocycles. The normalized spacial score (nSPS) is 17.9. The summed E-state index contributed by atoms with van der Waals surface area (Å²) in [5, 5.41) is 3.41. The monoisotopic (exact) mass is 457 g/mol. The summed E-state index contributed by atoms with van der Waals surface area (Å²) in [5.41, 5.74) is 0. The molecule has 0 aromatic carbocycles. The molecule has 1 N–H and O–H groups in total. The van der Waals surface area contributed by atoms with Crippen molar-refractivity contribution < 1.29 is 14.2 Å². The molecule has 0 bridgehead atoms. The fraction of sp³-hybridized carbons (Fsp3) is 0.941. The van der Waals surface area contributed by atoms with Crippen LogP contribution < -0.4 is 5.32 Å². The van der Waals surface area contributed by atoms with Crippen LogP contribution in [0.3, 0.4) is 0 Å². The van der Waals surface area contributed by atoms with Gasteiger partial charge in [0, 0.05) is 52.9 Å². The second-order valence-corrected chi connectivity index (χ2v) is 5.96. The molecule has 0 saturated carbocycles. The van der Waals surface area contributed by atoms with Crippen LogP contribution in [-0.4, -0.2) is 77.7 Å². The van der Waals surface area contributed by atoms with E-state index in [0.717, 1.165) is 58.2 Å². The van der Waals surface area contributed by atoms with Gasteiger partial charge in [0.05, 0.1) is 19.8 Å². The van der Waals surface area contributed by atoms with Crippen LogP contribution in [0.5, 0.6) is 0 Å². The average Bonchev–Trinajstić information content (AvgIpc) is 3.02. The number of guanidine groups is 1. The van der Waals surface area contributed by atoms with Gasteiger partial charge in [0.15, 0.2) is 5.96 Å². The zero-order valence-electron chi connectivity index (χ0n) is 15.6. The van der Waals surface area contributed by atoms with Crippen LogP contribution >= 0.6 is 24.0 Å². The van der Waals surface area contributed by atoms with Crippen molar-refractivity contribution >= 4 is 29.9 Å².